The van der Waals surface area contributed by atoms with Crippen LogP contribution in [0.25, 0.3) is 0 Å². The SMILES string of the molecule is CCONNC.Cl.Cl. The van der Waals surface area contributed by atoms with Crippen molar-refractivity contribution in [3.05, 3.63) is 0 Å². The first-order chi connectivity index (χ1) is 2.91. The van der Waals surface area contributed by atoms with Crippen LogP contribution in [0.3, 0.4) is 0 Å². The van der Waals surface area contributed by atoms with E-state index in [1.165, 1.54) is 0 Å². The molecule has 0 rings (SSSR count). The topological polar surface area (TPSA) is 33.3 Å². The minimum Gasteiger partial charge on any atom is -0.287 e. The fourth-order valence-electron chi connectivity index (χ4n) is 0.144. The summed E-state index contributed by atoms with van der Waals surface area (Å²) >= 11 is 0. The van der Waals surface area contributed by atoms with Gasteiger partial charge in [-0.1, -0.05) is 0 Å². The lowest BCUT2D eigenvalue weighted by Gasteiger charge is -1.96. The first kappa shape index (κ1) is 15.8. The summed E-state index contributed by atoms with van der Waals surface area (Å²) in [7, 11) is 1.75. The Balaban J connectivity index is -0.000000125. The molecule has 0 saturated carbocycles. The molecule has 2 N–H and O–H groups in total. The lowest BCUT2D eigenvalue weighted by atomic mass is 10.9. The van der Waals surface area contributed by atoms with Gasteiger partial charge in [0.25, 0.3) is 0 Å². The standard InChI is InChI=1S/C3H10N2O.2ClH/c1-3-6-5-4-2;;/h4-5H,3H2,1-2H3;2*1H. The monoisotopic (exact) mass is 162 g/mol. The van der Waals surface area contributed by atoms with Crippen LogP contribution >= 0.6 is 24.8 Å². The minimum atomic E-state index is 0. The summed E-state index contributed by atoms with van der Waals surface area (Å²) in [6.07, 6.45) is 0. The van der Waals surface area contributed by atoms with Crippen LogP contribution in [-0.2, 0) is 4.84 Å². The lowest BCUT2D eigenvalue weighted by Crippen LogP contribution is -2.27. The molecule has 5 heteroatoms. The van der Waals surface area contributed by atoms with Crippen LogP contribution in [0.5, 0.6) is 0 Å². The summed E-state index contributed by atoms with van der Waals surface area (Å²) in [5.41, 5.74) is 5.04. The van der Waals surface area contributed by atoms with E-state index in [4.69, 9.17) is 0 Å². The van der Waals surface area contributed by atoms with E-state index in [0.29, 0.717) is 6.61 Å². The van der Waals surface area contributed by atoms with Crippen molar-refractivity contribution in [1.82, 2.24) is 11.0 Å². The molecule has 8 heavy (non-hydrogen) atoms. The van der Waals surface area contributed by atoms with Crippen LogP contribution in [0.1, 0.15) is 6.92 Å². The Morgan fingerprint density at radius 3 is 2.00 bits per heavy atom. The maximum Gasteiger partial charge on any atom is 0.0670 e. The van der Waals surface area contributed by atoms with Gasteiger partial charge in [0.1, 0.15) is 0 Å². The molecule has 0 aromatic carbocycles. The van der Waals surface area contributed by atoms with E-state index in [2.05, 4.69) is 15.9 Å². The second kappa shape index (κ2) is 15.7. The molecule has 0 heterocycles. The second-order valence-corrected chi connectivity index (χ2v) is 0.785. The molecule has 0 amide bonds. The predicted molar refractivity (Wildman–Crippen MR) is 38.3 cm³/mol. The highest BCUT2D eigenvalue weighted by molar-refractivity contribution is 5.85. The van der Waals surface area contributed by atoms with Crippen LogP contribution < -0.4 is 11.0 Å². The smallest absolute Gasteiger partial charge is 0.0670 e. The van der Waals surface area contributed by atoms with E-state index in [-0.39, 0.29) is 24.8 Å². The van der Waals surface area contributed by atoms with Crippen molar-refractivity contribution >= 4 is 24.8 Å². The Morgan fingerprint density at radius 1 is 1.38 bits per heavy atom. The summed E-state index contributed by atoms with van der Waals surface area (Å²) in [6.45, 7) is 2.59. The molecule has 0 atom stereocenters. The largest absolute Gasteiger partial charge is 0.287 e. The first-order valence-electron chi connectivity index (χ1n) is 1.95. The maximum atomic E-state index is 4.62. The predicted octanol–water partition coefficient (Wildman–Crippen LogP) is 0.506. The van der Waals surface area contributed by atoms with Crippen LogP contribution in [0, 0.1) is 0 Å². The van der Waals surface area contributed by atoms with Crippen molar-refractivity contribution in [2.24, 2.45) is 0 Å². The lowest BCUT2D eigenvalue weighted by molar-refractivity contribution is 0.0254. The Kier molecular flexibility index (Phi) is 30.9. The van der Waals surface area contributed by atoms with Gasteiger partial charge in [-0.05, 0) is 6.92 Å². The molecular formula is C3H12Cl2N2O. The van der Waals surface area contributed by atoms with Crippen molar-refractivity contribution in [3.63, 3.8) is 0 Å². The van der Waals surface area contributed by atoms with Crippen LogP contribution in [0.15, 0.2) is 0 Å². The van der Waals surface area contributed by atoms with E-state index in [1.54, 1.807) is 7.05 Å². The average molecular weight is 163 g/mol. The third-order valence-corrected chi connectivity index (χ3v) is 0.319. The third-order valence-electron chi connectivity index (χ3n) is 0.319. The van der Waals surface area contributed by atoms with E-state index in [9.17, 15) is 0 Å². The second-order valence-electron chi connectivity index (χ2n) is 0.785. The molecule has 54 valence electrons. The number of nitrogens with one attached hydrogen (secondary N) is 2. The summed E-state index contributed by atoms with van der Waals surface area (Å²) in [5, 5.41) is 0. The molecule has 0 aliphatic rings. The maximum absolute atomic E-state index is 4.62. The van der Waals surface area contributed by atoms with E-state index in [0.717, 1.165) is 0 Å². The van der Waals surface area contributed by atoms with E-state index in [1.807, 2.05) is 6.92 Å². The Hall–Kier alpha value is 0.460. The van der Waals surface area contributed by atoms with Crippen molar-refractivity contribution < 1.29 is 4.84 Å². The Morgan fingerprint density at radius 2 is 1.88 bits per heavy atom. The van der Waals surface area contributed by atoms with Crippen molar-refractivity contribution in [1.29, 1.82) is 0 Å². The summed E-state index contributed by atoms with van der Waals surface area (Å²) < 4.78 is 0. The molecule has 0 unspecified atom stereocenters. The number of rotatable bonds is 3. The zero-order chi connectivity index (χ0) is 4.83. The van der Waals surface area contributed by atoms with Gasteiger partial charge in [0, 0.05) is 7.05 Å². The summed E-state index contributed by atoms with van der Waals surface area (Å²) in [6, 6.07) is 0. The normalized spacial score (nSPS) is 6.75. The highest BCUT2D eigenvalue weighted by atomic mass is 35.5. The van der Waals surface area contributed by atoms with Gasteiger partial charge in [-0.3, -0.25) is 4.84 Å². The molecule has 0 fully saturated rings. The number of hydrogen-bond donors (Lipinski definition) is 2. The van der Waals surface area contributed by atoms with Gasteiger partial charge >= 0.3 is 0 Å². The molecule has 0 aromatic rings. The number of hydrogen-bond acceptors (Lipinski definition) is 3. The van der Waals surface area contributed by atoms with Gasteiger partial charge in [-0.2, -0.15) is 0 Å². The zero-order valence-electron chi connectivity index (χ0n) is 4.93. The number of hydrazine groups is 1. The molecule has 3 nitrogen and oxygen atoms in total. The fourth-order valence-corrected chi connectivity index (χ4v) is 0.144. The quantitative estimate of drug-likeness (QED) is 0.469. The average Bonchev–Trinajstić information content (AvgIpc) is 1.61. The van der Waals surface area contributed by atoms with Gasteiger partial charge in [-0.15, -0.1) is 30.4 Å². The molecular weight excluding hydrogens is 151 g/mol. The number of halogens is 2. The Labute approximate surface area is 61.9 Å². The van der Waals surface area contributed by atoms with Gasteiger partial charge in [-0.25, -0.2) is 5.43 Å². The van der Waals surface area contributed by atoms with E-state index >= 15 is 0 Å². The molecule has 0 radical (unpaired) electrons. The molecule has 0 aliphatic heterocycles. The zero-order valence-corrected chi connectivity index (χ0v) is 6.56. The van der Waals surface area contributed by atoms with Crippen LogP contribution in [0.4, 0.5) is 0 Å². The highest BCUT2D eigenvalue weighted by Crippen LogP contribution is 1.53. The third kappa shape index (κ3) is 16.1. The first-order valence-corrected chi connectivity index (χ1v) is 1.95. The van der Waals surface area contributed by atoms with Gasteiger partial charge in [0.05, 0.1) is 6.61 Å². The van der Waals surface area contributed by atoms with Crippen LogP contribution in [0.2, 0.25) is 0 Å². The highest BCUT2D eigenvalue weighted by Gasteiger charge is 1.67. The summed E-state index contributed by atoms with van der Waals surface area (Å²) in [4.78, 5) is 4.62. The summed E-state index contributed by atoms with van der Waals surface area (Å²) in [5.74, 6) is 0. The van der Waals surface area contributed by atoms with Crippen molar-refractivity contribution in [2.45, 2.75) is 6.92 Å². The molecule has 0 bridgehead atoms. The minimum absolute atomic E-state index is 0. The Bertz CT molecular complexity index is 27.2. The van der Waals surface area contributed by atoms with Crippen molar-refractivity contribution in [3.8, 4) is 0 Å². The molecule has 0 aromatic heterocycles. The molecule has 0 aliphatic carbocycles. The van der Waals surface area contributed by atoms with Gasteiger partial charge < -0.3 is 0 Å². The molecule has 0 spiro atoms. The van der Waals surface area contributed by atoms with E-state index < -0.39 is 0 Å². The van der Waals surface area contributed by atoms with Gasteiger partial charge in [0.15, 0.2) is 0 Å². The van der Waals surface area contributed by atoms with Crippen LogP contribution in [-0.4, -0.2) is 13.7 Å². The van der Waals surface area contributed by atoms with Gasteiger partial charge in [0.2, 0.25) is 0 Å². The van der Waals surface area contributed by atoms with Crippen molar-refractivity contribution in [2.75, 3.05) is 13.7 Å². The molecule has 0 saturated heterocycles. The fraction of sp³-hybridized carbons (Fsp3) is 1.00.